The topological polar surface area (TPSA) is 0 Å². The highest BCUT2D eigenvalue weighted by molar-refractivity contribution is 8.12. The Labute approximate surface area is 187 Å². The van der Waals surface area contributed by atoms with E-state index >= 15 is 0 Å². The van der Waals surface area contributed by atoms with Crippen LogP contribution in [0.1, 0.15) is 12.8 Å². The molecule has 0 aromatic heterocycles. The van der Waals surface area contributed by atoms with Crippen LogP contribution in [0.15, 0.2) is 121 Å². The van der Waals surface area contributed by atoms with Crippen LogP contribution >= 0.6 is 14.5 Å². The van der Waals surface area contributed by atoms with Gasteiger partial charge in [0.25, 0.3) is 0 Å². The van der Waals surface area contributed by atoms with Crippen molar-refractivity contribution in [2.75, 3.05) is 6.16 Å². The van der Waals surface area contributed by atoms with Gasteiger partial charge in [0.15, 0.2) is 5.66 Å². The number of hydrogen-bond donors (Lipinski definition) is 0. The standard InChI is InChI=1S/C29H28P2/c1-5-14-24(15-6-1)30(25-16-7-2-8-17-25)23-13-22-28-29(30)31(28,26-18-9-3-10-19-26)27-20-11-4-12-21-27/h1-12,14-21,28-29H,13,22-23H2/q+2. The molecule has 0 saturated carbocycles. The smallest absolute Gasteiger partial charge is 0.0620 e. The van der Waals surface area contributed by atoms with Gasteiger partial charge in [-0.2, -0.15) is 0 Å². The van der Waals surface area contributed by atoms with Crippen LogP contribution < -0.4 is 21.2 Å². The van der Waals surface area contributed by atoms with Crippen molar-refractivity contribution in [3.63, 3.8) is 0 Å². The Morgan fingerprint density at radius 2 is 0.871 bits per heavy atom. The fourth-order valence-corrected chi connectivity index (χ4v) is 21.8. The third-order valence-electron chi connectivity index (χ3n) is 7.46. The molecule has 0 radical (unpaired) electrons. The molecule has 0 nitrogen and oxygen atoms in total. The molecule has 2 atom stereocenters. The molecule has 2 aliphatic rings. The van der Waals surface area contributed by atoms with Gasteiger partial charge in [0.2, 0.25) is 5.40 Å². The van der Waals surface area contributed by atoms with Gasteiger partial charge in [0.1, 0.15) is 35.7 Å². The third-order valence-corrected chi connectivity index (χ3v) is 19.5. The summed E-state index contributed by atoms with van der Waals surface area (Å²) in [5, 5.41) is 7.25. The second-order valence-electron chi connectivity index (χ2n) is 8.84. The summed E-state index contributed by atoms with van der Waals surface area (Å²) in [7, 11) is -2.97. The molecule has 0 bridgehead atoms. The van der Waals surface area contributed by atoms with Gasteiger partial charge in [0.05, 0.1) is 6.16 Å². The van der Waals surface area contributed by atoms with Crippen molar-refractivity contribution >= 4 is 35.7 Å². The predicted octanol–water partition coefficient (Wildman–Crippen LogP) is 5.83. The summed E-state index contributed by atoms with van der Waals surface area (Å²) in [6.07, 6.45) is 4.08. The highest BCUT2D eigenvalue weighted by Crippen LogP contribution is 2.96. The number of benzene rings is 4. The van der Waals surface area contributed by atoms with E-state index in [4.69, 9.17) is 0 Å². The number of fused-ring (bicyclic) bond motifs is 1. The summed E-state index contributed by atoms with van der Waals surface area (Å²) in [4.78, 5) is 0. The van der Waals surface area contributed by atoms with Crippen LogP contribution in [-0.2, 0) is 0 Å². The van der Waals surface area contributed by atoms with Crippen LogP contribution in [0.5, 0.6) is 0 Å². The minimum Gasteiger partial charge on any atom is -0.0620 e. The lowest BCUT2D eigenvalue weighted by molar-refractivity contribution is 0.794. The molecule has 4 aromatic rings. The first-order valence-corrected chi connectivity index (χ1v) is 15.3. The fraction of sp³-hybridized carbons (Fsp3) is 0.172. The molecule has 2 heterocycles. The minimum absolute atomic E-state index is 0.781. The Balaban J connectivity index is 1.64. The van der Waals surface area contributed by atoms with E-state index < -0.39 is 14.5 Å². The van der Waals surface area contributed by atoms with Crippen LogP contribution in [-0.4, -0.2) is 17.2 Å². The molecular formula is C29H28P2+2. The highest BCUT2D eigenvalue weighted by atomic mass is 31.2. The van der Waals surface area contributed by atoms with E-state index in [2.05, 4.69) is 121 Å². The predicted molar refractivity (Wildman–Crippen MR) is 140 cm³/mol. The maximum Gasteiger partial charge on any atom is 0.224 e. The SMILES string of the molecule is c1ccc([P+]2(c3ccccc3)CCCC3C2[P+]3(c2ccccc2)c2ccccc2)cc1. The van der Waals surface area contributed by atoms with Gasteiger partial charge in [-0.3, -0.25) is 0 Å². The summed E-state index contributed by atoms with van der Waals surface area (Å²) in [5.41, 5.74) is 0.819. The first kappa shape index (κ1) is 19.4. The zero-order valence-electron chi connectivity index (χ0n) is 17.7. The fourth-order valence-electron chi connectivity index (χ4n) is 6.31. The van der Waals surface area contributed by atoms with Crippen LogP contribution in [0, 0.1) is 0 Å². The average Bonchev–Trinajstić information content (AvgIpc) is 3.57. The molecule has 152 valence electrons. The van der Waals surface area contributed by atoms with Gasteiger partial charge in [0, 0.05) is 0 Å². The van der Waals surface area contributed by atoms with E-state index in [-0.39, 0.29) is 0 Å². The van der Waals surface area contributed by atoms with Crippen LogP contribution in [0.4, 0.5) is 0 Å². The molecule has 0 N–H and O–H groups in total. The third kappa shape index (κ3) is 2.82. The Kier molecular flexibility index (Phi) is 4.83. The lowest BCUT2D eigenvalue weighted by Gasteiger charge is -2.28. The van der Waals surface area contributed by atoms with Gasteiger partial charge in [-0.1, -0.05) is 72.8 Å². The summed E-state index contributed by atoms with van der Waals surface area (Å²) in [6, 6.07) is 46.3. The van der Waals surface area contributed by atoms with E-state index in [1.54, 1.807) is 21.2 Å². The molecular weight excluding hydrogens is 410 g/mol. The number of hydrogen-bond acceptors (Lipinski definition) is 0. The van der Waals surface area contributed by atoms with Gasteiger partial charge < -0.3 is 0 Å². The molecule has 0 aliphatic carbocycles. The molecule has 2 fully saturated rings. The van der Waals surface area contributed by atoms with Crippen molar-refractivity contribution < 1.29 is 0 Å². The van der Waals surface area contributed by atoms with E-state index in [1.807, 2.05) is 0 Å². The Morgan fingerprint density at radius 3 is 1.29 bits per heavy atom. The molecule has 2 unspecified atom stereocenters. The second-order valence-corrected chi connectivity index (χ2v) is 16.8. The zero-order valence-corrected chi connectivity index (χ0v) is 19.5. The van der Waals surface area contributed by atoms with E-state index in [0.717, 1.165) is 11.1 Å². The summed E-state index contributed by atoms with van der Waals surface area (Å²) in [5.74, 6) is 0. The van der Waals surface area contributed by atoms with Gasteiger partial charge in [-0.25, -0.2) is 0 Å². The molecule has 0 spiro atoms. The van der Waals surface area contributed by atoms with Crippen LogP contribution in [0.25, 0.3) is 0 Å². The molecule has 6 rings (SSSR count). The number of rotatable bonds is 4. The zero-order chi connectivity index (χ0) is 20.7. The van der Waals surface area contributed by atoms with Crippen molar-refractivity contribution in [3.05, 3.63) is 121 Å². The lowest BCUT2D eigenvalue weighted by Crippen LogP contribution is -2.32. The molecule has 0 amide bonds. The maximum absolute atomic E-state index is 2.44. The van der Waals surface area contributed by atoms with Gasteiger partial charge >= 0.3 is 0 Å². The average molecular weight is 438 g/mol. The second kappa shape index (κ2) is 7.70. The van der Waals surface area contributed by atoms with Crippen LogP contribution in [0.3, 0.4) is 0 Å². The monoisotopic (exact) mass is 438 g/mol. The molecule has 2 heteroatoms. The Hall–Kier alpha value is -2.26. The highest BCUT2D eigenvalue weighted by Gasteiger charge is 2.88. The largest absolute Gasteiger partial charge is 0.224 e. The Morgan fingerprint density at radius 1 is 0.484 bits per heavy atom. The van der Waals surface area contributed by atoms with E-state index in [9.17, 15) is 0 Å². The normalized spacial score (nSPS) is 23.0. The van der Waals surface area contributed by atoms with Crippen LogP contribution in [0.2, 0.25) is 0 Å². The van der Waals surface area contributed by atoms with Crippen molar-refractivity contribution in [3.8, 4) is 0 Å². The van der Waals surface area contributed by atoms with Crippen molar-refractivity contribution in [2.24, 2.45) is 0 Å². The van der Waals surface area contributed by atoms with Crippen molar-refractivity contribution in [1.29, 1.82) is 0 Å². The van der Waals surface area contributed by atoms with E-state index in [0.29, 0.717) is 0 Å². The first-order valence-electron chi connectivity index (χ1n) is 11.4. The quantitative estimate of drug-likeness (QED) is 0.352. The summed E-state index contributed by atoms with van der Waals surface area (Å²) < 4.78 is 0. The van der Waals surface area contributed by atoms with Crippen molar-refractivity contribution in [2.45, 2.75) is 23.9 Å². The first-order chi connectivity index (χ1) is 15.4. The summed E-state index contributed by atoms with van der Waals surface area (Å²) >= 11 is 0. The maximum atomic E-state index is 2.44. The van der Waals surface area contributed by atoms with E-state index in [1.165, 1.54) is 19.0 Å². The molecule has 2 saturated heterocycles. The minimum atomic E-state index is -1.52. The summed E-state index contributed by atoms with van der Waals surface area (Å²) in [6.45, 7) is 0. The molecule has 4 aromatic carbocycles. The van der Waals surface area contributed by atoms with Gasteiger partial charge in [-0.05, 0) is 61.4 Å². The Bertz CT molecular complexity index is 1080. The molecule has 2 aliphatic heterocycles. The lowest BCUT2D eigenvalue weighted by atomic mass is 10.3. The van der Waals surface area contributed by atoms with Gasteiger partial charge in [-0.15, -0.1) is 0 Å². The molecule has 31 heavy (non-hydrogen) atoms. The van der Waals surface area contributed by atoms with Crippen molar-refractivity contribution in [1.82, 2.24) is 0 Å².